The number of carbonyl (C=O) groups excluding carboxylic acids is 2. The summed E-state index contributed by atoms with van der Waals surface area (Å²) in [6, 6.07) is 14.1. The van der Waals surface area contributed by atoms with E-state index in [4.69, 9.17) is 9.47 Å². The predicted octanol–water partition coefficient (Wildman–Crippen LogP) is 3.07. The summed E-state index contributed by atoms with van der Waals surface area (Å²) < 4.78 is 10.4. The maximum absolute atomic E-state index is 12.1. The number of nitrogens with one attached hydrogen (secondary N) is 3. The molecule has 0 spiro atoms. The van der Waals surface area contributed by atoms with Crippen LogP contribution in [0.5, 0.6) is 5.75 Å². The Labute approximate surface area is 171 Å². The summed E-state index contributed by atoms with van der Waals surface area (Å²) in [6.07, 6.45) is 2.44. The summed E-state index contributed by atoms with van der Waals surface area (Å²) >= 11 is 0. The molecule has 0 aliphatic carbocycles. The molecule has 0 radical (unpaired) electrons. The van der Waals surface area contributed by atoms with Crippen LogP contribution in [0.4, 0.5) is 11.4 Å². The van der Waals surface area contributed by atoms with E-state index in [1.807, 2.05) is 24.3 Å². The maximum atomic E-state index is 12.1. The molecule has 2 amide bonds. The third kappa shape index (κ3) is 8.06. The van der Waals surface area contributed by atoms with Crippen molar-refractivity contribution in [1.29, 1.82) is 0 Å². The van der Waals surface area contributed by atoms with Crippen molar-refractivity contribution >= 4 is 23.2 Å². The van der Waals surface area contributed by atoms with E-state index in [1.165, 1.54) is 0 Å². The molecule has 7 nitrogen and oxygen atoms in total. The number of benzene rings is 2. The van der Waals surface area contributed by atoms with E-state index in [0.29, 0.717) is 31.0 Å². The van der Waals surface area contributed by atoms with E-state index < -0.39 is 0 Å². The molecule has 2 rings (SSSR count). The first kappa shape index (κ1) is 22.0. The minimum absolute atomic E-state index is 0.120. The highest BCUT2D eigenvalue weighted by atomic mass is 16.5. The molecule has 29 heavy (non-hydrogen) atoms. The Morgan fingerprint density at radius 3 is 2.38 bits per heavy atom. The topological polar surface area (TPSA) is 88.7 Å². The zero-order valence-electron chi connectivity index (χ0n) is 16.6. The summed E-state index contributed by atoms with van der Waals surface area (Å²) in [6.45, 7) is 5.33. The van der Waals surface area contributed by atoms with Crippen molar-refractivity contribution in [3.63, 3.8) is 0 Å². The second kappa shape index (κ2) is 12.2. The average molecular weight is 397 g/mol. The fraction of sp³-hybridized carbons (Fsp3) is 0.273. The van der Waals surface area contributed by atoms with E-state index >= 15 is 0 Å². The van der Waals surface area contributed by atoms with Gasteiger partial charge in [0.2, 0.25) is 5.91 Å². The third-order valence-electron chi connectivity index (χ3n) is 3.92. The molecule has 0 aromatic heterocycles. The molecule has 0 aliphatic heterocycles. The molecule has 154 valence electrons. The lowest BCUT2D eigenvalue weighted by Gasteiger charge is -2.10. The number of hydrogen-bond donors (Lipinski definition) is 3. The third-order valence-corrected chi connectivity index (χ3v) is 3.92. The Morgan fingerprint density at radius 2 is 1.72 bits per heavy atom. The van der Waals surface area contributed by atoms with Gasteiger partial charge in [-0.3, -0.25) is 9.59 Å². The molecule has 0 bridgehead atoms. The summed E-state index contributed by atoms with van der Waals surface area (Å²) in [5, 5.41) is 8.66. The smallest absolute Gasteiger partial charge is 0.251 e. The first-order valence-corrected chi connectivity index (χ1v) is 9.37. The van der Waals surface area contributed by atoms with Gasteiger partial charge in [-0.05, 0) is 55.0 Å². The average Bonchev–Trinajstić information content (AvgIpc) is 2.75. The Hall–Kier alpha value is -3.32. The van der Waals surface area contributed by atoms with Crippen molar-refractivity contribution in [3.8, 4) is 5.75 Å². The molecule has 0 unspecified atom stereocenters. The molecule has 2 aromatic carbocycles. The molecule has 0 saturated carbocycles. The summed E-state index contributed by atoms with van der Waals surface area (Å²) in [7, 11) is 1.63. The van der Waals surface area contributed by atoms with Crippen LogP contribution in [-0.2, 0) is 9.53 Å². The van der Waals surface area contributed by atoms with Gasteiger partial charge >= 0.3 is 0 Å². The van der Waals surface area contributed by atoms with Gasteiger partial charge in [0.15, 0.2) is 0 Å². The van der Waals surface area contributed by atoms with Crippen molar-refractivity contribution in [3.05, 3.63) is 66.7 Å². The summed E-state index contributed by atoms with van der Waals surface area (Å²) in [5.74, 6) is 0.401. The highest BCUT2D eigenvalue weighted by Gasteiger charge is 2.06. The van der Waals surface area contributed by atoms with Gasteiger partial charge < -0.3 is 25.4 Å². The first-order valence-electron chi connectivity index (χ1n) is 9.37. The summed E-state index contributed by atoms with van der Waals surface area (Å²) in [4.78, 5) is 24.1. The van der Waals surface area contributed by atoms with Crippen molar-refractivity contribution < 1.29 is 19.1 Å². The zero-order valence-corrected chi connectivity index (χ0v) is 16.6. The second-order valence-corrected chi connectivity index (χ2v) is 6.21. The van der Waals surface area contributed by atoms with Crippen molar-refractivity contribution in [1.82, 2.24) is 5.32 Å². The Kier molecular flexibility index (Phi) is 9.24. The monoisotopic (exact) mass is 397 g/mol. The number of hydrogen-bond acceptors (Lipinski definition) is 5. The molecular formula is C22H27N3O4. The van der Waals surface area contributed by atoms with Crippen LogP contribution in [0.15, 0.2) is 61.2 Å². The Bertz CT molecular complexity index is 789. The lowest BCUT2D eigenvalue weighted by atomic mass is 10.2. The maximum Gasteiger partial charge on any atom is 0.251 e. The van der Waals surface area contributed by atoms with Gasteiger partial charge in [-0.15, -0.1) is 0 Å². The van der Waals surface area contributed by atoms with Crippen molar-refractivity contribution in [2.75, 3.05) is 44.0 Å². The predicted molar refractivity (Wildman–Crippen MR) is 115 cm³/mol. The SMILES string of the molecule is C=CCOc1ccc(NCC(=O)Nc2ccc(C(=O)NCCCOC)cc2)cc1. The number of methoxy groups -OCH3 is 1. The molecule has 3 N–H and O–H groups in total. The zero-order chi connectivity index (χ0) is 20.9. The van der Waals surface area contributed by atoms with Crippen LogP contribution in [0.3, 0.4) is 0 Å². The number of carbonyl (C=O) groups is 2. The highest BCUT2D eigenvalue weighted by molar-refractivity contribution is 5.96. The molecule has 2 aromatic rings. The molecule has 0 atom stereocenters. The molecule has 7 heteroatoms. The van der Waals surface area contributed by atoms with Gasteiger partial charge in [-0.2, -0.15) is 0 Å². The van der Waals surface area contributed by atoms with Crippen LogP contribution in [0.1, 0.15) is 16.8 Å². The first-order chi connectivity index (χ1) is 14.1. The van der Waals surface area contributed by atoms with Gasteiger partial charge in [-0.25, -0.2) is 0 Å². The van der Waals surface area contributed by atoms with E-state index in [0.717, 1.165) is 17.9 Å². The number of rotatable bonds is 12. The van der Waals surface area contributed by atoms with E-state index in [1.54, 1.807) is 37.5 Å². The van der Waals surface area contributed by atoms with Crippen LogP contribution in [0.2, 0.25) is 0 Å². The lowest BCUT2D eigenvalue weighted by Crippen LogP contribution is -2.25. The minimum Gasteiger partial charge on any atom is -0.490 e. The molecule has 0 fully saturated rings. The molecular weight excluding hydrogens is 370 g/mol. The number of anilines is 2. The van der Waals surface area contributed by atoms with Crippen LogP contribution in [0.25, 0.3) is 0 Å². The van der Waals surface area contributed by atoms with Gasteiger partial charge in [0.05, 0.1) is 6.54 Å². The quantitative estimate of drug-likeness (QED) is 0.378. The fourth-order valence-electron chi connectivity index (χ4n) is 2.44. The molecule has 0 heterocycles. The van der Waals surface area contributed by atoms with E-state index in [2.05, 4.69) is 22.5 Å². The van der Waals surface area contributed by atoms with E-state index in [9.17, 15) is 9.59 Å². The lowest BCUT2D eigenvalue weighted by molar-refractivity contribution is -0.114. The number of amides is 2. The van der Waals surface area contributed by atoms with Gasteiger partial charge in [0.25, 0.3) is 5.91 Å². The minimum atomic E-state index is -0.186. The van der Waals surface area contributed by atoms with Crippen LogP contribution >= 0.6 is 0 Å². The fourth-order valence-corrected chi connectivity index (χ4v) is 2.44. The van der Waals surface area contributed by atoms with Crippen molar-refractivity contribution in [2.24, 2.45) is 0 Å². The van der Waals surface area contributed by atoms with Crippen LogP contribution < -0.4 is 20.7 Å². The normalized spacial score (nSPS) is 10.1. The van der Waals surface area contributed by atoms with Gasteiger partial charge in [0, 0.05) is 37.2 Å². The van der Waals surface area contributed by atoms with Gasteiger partial charge in [-0.1, -0.05) is 12.7 Å². The Morgan fingerprint density at radius 1 is 1.03 bits per heavy atom. The summed E-state index contributed by atoms with van der Waals surface area (Å²) in [5.41, 5.74) is 1.98. The molecule has 0 saturated heterocycles. The second-order valence-electron chi connectivity index (χ2n) is 6.21. The van der Waals surface area contributed by atoms with E-state index in [-0.39, 0.29) is 18.4 Å². The standard InChI is InChI=1S/C22H27N3O4/c1-3-14-29-20-11-9-18(10-12-20)24-16-21(26)25-19-7-5-17(6-8-19)22(27)23-13-4-15-28-2/h3,5-12,24H,1,4,13-16H2,2H3,(H,23,27)(H,25,26). The van der Waals surface area contributed by atoms with Crippen molar-refractivity contribution in [2.45, 2.75) is 6.42 Å². The highest BCUT2D eigenvalue weighted by Crippen LogP contribution is 2.15. The molecule has 0 aliphatic rings. The van der Waals surface area contributed by atoms with Gasteiger partial charge in [0.1, 0.15) is 12.4 Å². The van der Waals surface area contributed by atoms with Crippen LogP contribution in [0, 0.1) is 0 Å². The largest absolute Gasteiger partial charge is 0.490 e. The van der Waals surface area contributed by atoms with Crippen LogP contribution in [-0.4, -0.2) is 45.2 Å². The number of ether oxygens (including phenoxy) is 2. The Balaban J connectivity index is 1.75.